The number of aliphatic hydroxyl groups excluding tert-OH is 1. The first-order chi connectivity index (χ1) is 13.5. The van der Waals surface area contributed by atoms with Crippen molar-refractivity contribution in [3.63, 3.8) is 0 Å². The predicted molar refractivity (Wildman–Crippen MR) is 105 cm³/mol. The van der Waals surface area contributed by atoms with Crippen LogP contribution in [0.25, 0.3) is 11.4 Å². The zero-order chi connectivity index (χ0) is 20.3. The number of hydrogen-bond donors (Lipinski definition) is 2. The number of methoxy groups -OCH3 is 2. The Labute approximate surface area is 168 Å². The van der Waals surface area contributed by atoms with Crippen molar-refractivity contribution >= 4 is 18.2 Å². The van der Waals surface area contributed by atoms with Gasteiger partial charge in [0.2, 0.25) is 4.77 Å². The highest BCUT2D eigenvalue weighted by atomic mass is 32.1. The summed E-state index contributed by atoms with van der Waals surface area (Å²) in [6.45, 7) is 5.12. The number of nitrogens with zero attached hydrogens (tertiary/aromatic N) is 3. The van der Waals surface area contributed by atoms with Crippen LogP contribution < -0.4 is 9.64 Å². The van der Waals surface area contributed by atoms with Gasteiger partial charge >= 0.3 is 5.97 Å². The average molecular weight is 406 g/mol. The lowest BCUT2D eigenvalue weighted by Crippen LogP contribution is -3.14. The summed E-state index contributed by atoms with van der Waals surface area (Å²) >= 11 is 5.62. The van der Waals surface area contributed by atoms with Crippen molar-refractivity contribution in [1.29, 1.82) is 0 Å². The monoisotopic (exact) mass is 405 g/mol. The van der Waals surface area contributed by atoms with Gasteiger partial charge in [-0.1, -0.05) is 6.08 Å². The van der Waals surface area contributed by atoms with Gasteiger partial charge in [0, 0.05) is 18.5 Å². The van der Waals surface area contributed by atoms with Crippen LogP contribution in [0.3, 0.4) is 0 Å². The summed E-state index contributed by atoms with van der Waals surface area (Å²) in [6.07, 6.45) is 1.58. The molecular weight excluding hydrogens is 380 g/mol. The molecule has 0 amide bonds. The molecular formula is C19H25N4O4S+. The standard InChI is InChI=1S/C19H24N4O4S/c1-4-9-22-17(13-5-7-15(26-2)8-6-13)20-23(19(22)28)12-21-11-14(24)10-16(21)18(25)27-3/h4-8,14,16,24H,1,9-12H2,2-3H3/p+1/t14-,16-/m0/s1. The van der Waals surface area contributed by atoms with Gasteiger partial charge < -0.3 is 19.5 Å². The number of aromatic nitrogens is 3. The molecule has 1 aromatic heterocycles. The van der Waals surface area contributed by atoms with E-state index in [0.29, 0.717) is 36.8 Å². The fraction of sp³-hybridized carbons (Fsp3) is 0.421. The van der Waals surface area contributed by atoms with Crippen LogP contribution in [0, 0.1) is 4.77 Å². The summed E-state index contributed by atoms with van der Waals surface area (Å²) in [6, 6.07) is 7.14. The number of carbonyl (C=O) groups excluding carboxylic acids is 1. The summed E-state index contributed by atoms with van der Waals surface area (Å²) in [7, 11) is 2.98. The molecule has 28 heavy (non-hydrogen) atoms. The summed E-state index contributed by atoms with van der Waals surface area (Å²) in [5.41, 5.74) is 0.897. The van der Waals surface area contributed by atoms with E-state index in [0.717, 1.165) is 16.2 Å². The van der Waals surface area contributed by atoms with Crippen molar-refractivity contribution in [3.8, 4) is 17.1 Å². The Kier molecular flexibility index (Phi) is 6.28. The lowest BCUT2D eigenvalue weighted by atomic mass is 10.2. The number of allylic oxidation sites excluding steroid dienone is 1. The van der Waals surface area contributed by atoms with E-state index in [9.17, 15) is 9.90 Å². The van der Waals surface area contributed by atoms with Crippen LogP contribution in [0.5, 0.6) is 5.75 Å². The fourth-order valence-corrected chi connectivity index (χ4v) is 3.80. The third-order valence-corrected chi connectivity index (χ3v) is 5.35. The molecule has 0 aliphatic carbocycles. The number of likely N-dealkylation sites (tertiary alicyclic amines) is 1. The maximum absolute atomic E-state index is 12.1. The Morgan fingerprint density at radius 3 is 2.75 bits per heavy atom. The molecule has 0 saturated carbocycles. The number of hydrogen-bond acceptors (Lipinski definition) is 6. The van der Waals surface area contributed by atoms with Crippen LogP contribution in [0.15, 0.2) is 36.9 Å². The first kappa shape index (κ1) is 20.2. The summed E-state index contributed by atoms with van der Waals surface area (Å²) in [5.74, 6) is 1.13. The summed E-state index contributed by atoms with van der Waals surface area (Å²) < 4.78 is 14.2. The number of rotatable bonds is 7. The van der Waals surface area contributed by atoms with Crippen molar-refractivity contribution in [2.45, 2.75) is 31.8 Å². The van der Waals surface area contributed by atoms with Gasteiger partial charge in [-0.15, -0.1) is 11.7 Å². The number of ether oxygens (including phenoxy) is 2. The molecule has 1 saturated heterocycles. The molecule has 2 aromatic rings. The molecule has 1 aliphatic rings. The molecule has 150 valence electrons. The molecule has 1 fully saturated rings. The molecule has 0 radical (unpaired) electrons. The normalized spacial score (nSPS) is 21.5. The molecule has 0 bridgehead atoms. The van der Waals surface area contributed by atoms with Gasteiger partial charge in [-0.2, -0.15) is 4.68 Å². The van der Waals surface area contributed by atoms with E-state index in [1.807, 2.05) is 28.8 Å². The van der Waals surface area contributed by atoms with Crippen LogP contribution in [0.4, 0.5) is 0 Å². The number of aliphatic hydroxyl groups is 1. The van der Waals surface area contributed by atoms with Crippen molar-refractivity contribution in [2.75, 3.05) is 20.8 Å². The van der Waals surface area contributed by atoms with Crippen LogP contribution >= 0.6 is 12.2 Å². The van der Waals surface area contributed by atoms with E-state index in [2.05, 4.69) is 6.58 Å². The SMILES string of the molecule is C=CCn1c(-c2ccc(OC)cc2)nn(C[NH+]2C[C@@H](O)C[C@H]2C(=O)OC)c1=S. The van der Waals surface area contributed by atoms with Gasteiger partial charge in [0.15, 0.2) is 18.5 Å². The van der Waals surface area contributed by atoms with Gasteiger partial charge in [-0.25, -0.2) is 4.79 Å². The Morgan fingerprint density at radius 2 is 2.14 bits per heavy atom. The highest BCUT2D eigenvalue weighted by Crippen LogP contribution is 2.21. The largest absolute Gasteiger partial charge is 0.497 e. The second kappa shape index (κ2) is 8.68. The van der Waals surface area contributed by atoms with Crippen LogP contribution in [0.2, 0.25) is 0 Å². The molecule has 3 rings (SSSR count). The summed E-state index contributed by atoms with van der Waals surface area (Å²) in [4.78, 5) is 12.9. The fourth-order valence-electron chi connectivity index (χ4n) is 3.53. The first-order valence-electron chi connectivity index (χ1n) is 9.02. The number of quaternary nitrogens is 1. The van der Waals surface area contributed by atoms with E-state index in [1.165, 1.54) is 7.11 Å². The van der Waals surface area contributed by atoms with Gasteiger partial charge in [-0.05, 0) is 36.5 Å². The van der Waals surface area contributed by atoms with E-state index >= 15 is 0 Å². The van der Waals surface area contributed by atoms with Gasteiger partial charge in [0.05, 0.1) is 14.2 Å². The Morgan fingerprint density at radius 1 is 1.43 bits per heavy atom. The van der Waals surface area contributed by atoms with E-state index in [4.69, 9.17) is 26.8 Å². The van der Waals surface area contributed by atoms with Crippen molar-refractivity contribution in [3.05, 3.63) is 41.7 Å². The van der Waals surface area contributed by atoms with Crippen molar-refractivity contribution in [1.82, 2.24) is 14.3 Å². The quantitative estimate of drug-likeness (QED) is 0.395. The number of esters is 1. The Bertz CT molecular complexity index is 906. The molecule has 1 aromatic carbocycles. The third kappa shape index (κ3) is 4.01. The van der Waals surface area contributed by atoms with Crippen molar-refractivity contribution in [2.24, 2.45) is 0 Å². The minimum Gasteiger partial charge on any atom is -0.497 e. The van der Waals surface area contributed by atoms with E-state index in [1.54, 1.807) is 17.9 Å². The summed E-state index contributed by atoms with van der Waals surface area (Å²) in [5, 5.41) is 14.7. The highest BCUT2D eigenvalue weighted by Gasteiger charge is 2.41. The predicted octanol–water partition coefficient (Wildman–Crippen LogP) is 0.424. The van der Waals surface area contributed by atoms with Crippen LogP contribution in [-0.4, -0.2) is 58.3 Å². The molecule has 2 heterocycles. The smallest absolute Gasteiger partial charge is 0.364 e. The van der Waals surface area contributed by atoms with Gasteiger partial charge in [0.25, 0.3) is 0 Å². The molecule has 1 unspecified atom stereocenters. The second-order valence-corrected chi connectivity index (χ2v) is 7.08. The van der Waals surface area contributed by atoms with E-state index < -0.39 is 12.1 Å². The topological polar surface area (TPSA) is 83.0 Å². The minimum atomic E-state index is -0.551. The first-order valence-corrected chi connectivity index (χ1v) is 9.42. The van der Waals surface area contributed by atoms with E-state index in [-0.39, 0.29) is 5.97 Å². The average Bonchev–Trinajstić information content (AvgIpc) is 3.22. The lowest BCUT2D eigenvalue weighted by Gasteiger charge is -2.18. The zero-order valence-corrected chi connectivity index (χ0v) is 16.8. The number of carbonyl (C=O) groups is 1. The van der Waals surface area contributed by atoms with Crippen molar-refractivity contribution < 1.29 is 24.3 Å². The van der Waals surface area contributed by atoms with Gasteiger partial charge in [-0.3, -0.25) is 4.57 Å². The minimum absolute atomic E-state index is 0.334. The van der Waals surface area contributed by atoms with Crippen LogP contribution in [-0.2, 0) is 22.7 Å². The maximum atomic E-state index is 12.1. The molecule has 1 aliphatic heterocycles. The molecule has 9 heteroatoms. The maximum Gasteiger partial charge on any atom is 0.364 e. The third-order valence-electron chi connectivity index (χ3n) is 4.92. The molecule has 8 nitrogen and oxygen atoms in total. The Balaban J connectivity index is 1.94. The van der Waals surface area contributed by atoms with Crippen LogP contribution in [0.1, 0.15) is 6.42 Å². The number of nitrogens with one attached hydrogen (secondary N) is 1. The molecule has 2 N–H and O–H groups in total. The molecule has 3 atom stereocenters. The second-order valence-electron chi connectivity index (χ2n) is 6.72. The molecule has 0 spiro atoms. The zero-order valence-electron chi connectivity index (χ0n) is 16.0. The van der Waals surface area contributed by atoms with Gasteiger partial charge in [0.1, 0.15) is 18.4 Å². The Hall–Kier alpha value is -2.49. The lowest BCUT2D eigenvalue weighted by molar-refractivity contribution is -0.928. The highest BCUT2D eigenvalue weighted by molar-refractivity contribution is 7.71. The number of benzene rings is 1.